The fourth-order valence-corrected chi connectivity index (χ4v) is 2.05. The lowest BCUT2D eigenvalue weighted by molar-refractivity contribution is 0.178. The van der Waals surface area contributed by atoms with E-state index in [0.29, 0.717) is 22.1 Å². The molecule has 0 saturated heterocycles. The fraction of sp³-hybridized carbons (Fsp3) is 0.154. The van der Waals surface area contributed by atoms with Gasteiger partial charge in [0.1, 0.15) is 5.82 Å². The molecule has 2 rings (SSSR count). The summed E-state index contributed by atoms with van der Waals surface area (Å²) < 4.78 is 13.4. The normalized spacial score (nSPS) is 12.4. The van der Waals surface area contributed by atoms with E-state index in [1.165, 1.54) is 6.07 Å². The van der Waals surface area contributed by atoms with Gasteiger partial charge in [-0.05, 0) is 45.3 Å². The molecule has 1 aromatic heterocycles. The van der Waals surface area contributed by atoms with Gasteiger partial charge in [-0.2, -0.15) is 0 Å². The number of aliphatic hydroxyl groups is 1. The lowest BCUT2D eigenvalue weighted by Gasteiger charge is -2.12. The van der Waals surface area contributed by atoms with Gasteiger partial charge >= 0.3 is 0 Å². The van der Waals surface area contributed by atoms with Crippen LogP contribution in [0.25, 0.3) is 0 Å². The molecule has 0 aliphatic rings. The van der Waals surface area contributed by atoms with Crippen LogP contribution >= 0.6 is 15.9 Å². The summed E-state index contributed by atoms with van der Waals surface area (Å²) in [6.45, 7) is 0. The number of nitrogen functional groups attached to an aromatic ring is 1. The third kappa shape index (κ3) is 2.86. The average Bonchev–Trinajstić information content (AvgIpc) is 2.35. The smallest absolute Gasteiger partial charge is 0.137 e. The van der Waals surface area contributed by atoms with Crippen molar-refractivity contribution in [3.8, 4) is 0 Å². The Labute approximate surface area is 113 Å². The molecule has 0 bridgehead atoms. The first-order valence-electron chi connectivity index (χ1n) is 5.39. The highest BCUT2D eigenvalue weighted by Gasteiger charge is 2.12. The summed E-state index contributed by atoms with van der Waals surface area (Å²) >= 11 is 3.09. The van der Waals surface area contributed by atoms with Crippen molar-refractivity contribution < 1.29 is 9.50 Å². The van der Waals surface area contributed by atoms with E-state index >= 15 is 0 Å². The molecule has 0 aliphatic heterocycles. The number of aliphatic hydroxyl groups excluding tert-OH is 1. The van der Waals surface area contributed by atoms with Gasteiger partial charge in [-0.25, -0.2) is 4.39 Å². The molecule has 1 aromatic carbocycles. The van der Waals surface area contributed by atoms with Crippen molar-refractivity contribution in [1.82, 2.24) is 4.98 Å². The summed E-state index contributed by atoms with van der Waals surface area (Å²) in [4.78, 5) is 3.96. The van der Waals surface area contributed by atoms with Crippen molar-refractivity contribution in [3.63, 3.8) is 0 Å². The van der Waals surface area contributed by atoms with Crippen molar-refractivity contribution in [2.75, 3.05) is 5.73 Å². The van der Waals surface area contributed by atoms with Gasteiger partial charge < -0.3 is 10.8 Å². The number of rotatable bonds is 3. The van der Waals surface area contributed by atoms with Crippen molar-refractivity contribution in [3.05, 3.63) is 58.1 Å². The highest BCUT2D eigenvalue weighted by atomic mass is 79.9. The highest BCUT2D eigenvalue weighted by Crippen LogP contribution is 2.25. The Kier molecular flexibility index (Phi) is 3.93. The van der Waals surface area contributed by atoms with E-state index in [0.717, 1.165) is 5.56 Å². The van der Waals surface area contributed by atoms with Gasteiger partial charge in [0.25, 0.3) is 0 Å². The zero-order valence-corrected chi connectivity index (χ0v) is 11.1. The number of hydrogen-bond donors (Lipinski definition) is 2. The molecular weight excluding hydrogens is 299 g/mol. The van der Waals surface area contributed by atoms with Crippen LogP contribution in [0.1, 0.15) is 17.2 Å². The second kappa shape index (κ2) is 5.46. The second-order valence-corrected chi connectivity index (χ2v) is 4.82. The molecule has 0 fully saturated rings. The van der Waals surface area contributed by atoms with Crippen molar-refractivity contribution in [2.45, 2.75) is 12.5 Å². The number of aromatic nitrogens is 1. The van der Waals surface area contributed by atoms with E-state index in [-0.39, 0.29) is 5.82 Å². The van der Waals surface area contributed by atoms with E-state index in [2.05, 4.69) is 20.9 Å². The first kappa shape index (κ1) is 13.0. The van der Waals surface area contributed by atoms with Crippen LogP contribution < -0.4 is 5.73 Å². The van der Waals surface area contributed by atoms with E-state index < -0.39 is 6.10 Å². The van der Waals surface area contributed by atoms with Crippen molar-refractivity contribution in [2.24, 2.45) is 0 Å². The number of nitrogens with zero attached hydrogens (tertiary/aromatic N) is 1. The SMILES string of the molecule is Nc1ccncc1CC(O)c1ccc(F)c(Br)c1. The number of nitrogens with two attached hydrogens (primary N) is 1. The lowest BCUT2D eigenvalue weighted by atomic mass is 10.0. The van der Waals surface area contributed by atoms with Crippen molar-refractivity contribution >= 4 is 21.6 Å². The number of benzene rings is 1. The third-order valence-corrected chi connectivity index (χ3v) is 3.29. The first-order valence-corrected chi connectivity index (χ1v) is 6.18. The zero-order valence-electron chi connectivity index (χ0n) is 9.48. The molecule has 3 N–H and O–H groups in total. The molecule has 0 radical (unpaired) electrons. The maximum atomic E-state index is 13.1. The number of halogens is 2. The van der Waals surface area contributed by atoms with Gasteiger partial charge in [0.2, 0.25) is 0 Å². The molecule has 1 heterocycles. The third-order valence-electron chi connectivity index (χ3n) is 2.68. The van der Waals surface area contributed by atoms with Gasteiger partial charge in [-0.1, -0.05) is 6.07 Å². The molecular formula is C13H12BrFN2O. The van der Waals surface area contributed by atoms with Gasteiger partial charge in [-0.3, -0.25) is 4.98 Å². The van der Waals surface area contributed by atoms with E-state index in [9.17, 15) is 9.50 Å². The summed E-state index contributed by atoms with van der Waals surface area (Å²) in [7, 11) is 0. The maximum Gasteiger partial charge on any atom is 0.137 e. The van der Waals surface area contributed by atoms with Crippen LogP contribution in [0.15, 0.2) is 41.1 Å². The summed E-state index contributed by atoms with van der Waals surface area (Å²) in [5.74, 6) is -0.355. The summed E-state index contributed by atoms with van der Waals surface area (Å²) in [6, 6.07) is 6.11. The van der Waals surface area contributed by atoms with Crippen LogP contribution in [-0.4, -0.2) is 10.1 Å². The number of pyridine rings is 1. The minimum atomic E-state index is -0.742. The molecule has 18 heavy (non-hydrogen) atoms. The quantitative estimate of drug-likeness (QED) is 0.916. The molecule has 1 atom stereocenters. The van der Waals surface area contributed by atoms with Gasteiger partial charge in [0, 0.05) is 24.5 Å². The Morgan fingerprint density at radius 1 is 1.39 bits per heavy atom. The molecule has 0 amide bonds. The van der Waals surface area contributed by atoms with Gasteiger partial charge in [-0.15, -0.1) is 0 Å². The second-order valence-electron chi connectivity index (χ2n) is 3.97. The molecule has 5 heteroatoms. The predicted molar refractivity (Wildman–Crippen MR) is 71.4 cm³/mol. The van der Waals surface area contributed by atoms with Crippen LogP contribution in [0.4, 0.5) is 10.1 Å². The van der Waals surface area contributed by atoms with Gasteiger partial charge in [0.05, 0.1) is 10.6 Å². The molecule has 0 saturated carbocycles. The predicted octanol–water partition coefficient (Wildman–Crippen LogP) is 2.84. The molecule has 2 aromatic rings. The Hall–Kier alpha value is -1.46. The largest absolute Gasteiger partial charge is 0.398 e. The monoisotopic (exact) mass is 310 g/mol. The van der Waals surface area contributed by atoms with E-state index in [1.54, 1.807) is 30.6 Å². The van der Waals surface area contributed by atoms with E-state index in [1.807, 2.05) is 0 Å². The molecule has 1 unspecified atom stereocenters. The van der Waals surface area contributed by atoms with Crippen molar-refractivity contribution in [1.29, 1.82) is 0 Å². The first-order chi connectivity index (χ1) is 8.58. The Balaban J connectivity index is 2.19. The standard InChI is InChI=1S/C13H12BrFN2O/c14-10-5-8(1-2-11(10)15)13(18)6-9-7-17-4-3-12(9)16/h1-5,7,13,18H,6H2,(H2,16,17). The Morgan fingerprint density at radius 2 is 2.17 bits per heavy atom. The summed E-state index contributed by atoms with van der Waals surface area (Å²) in [5, 5.41) is 10.1. The van der Waals surface area contributed by atoms with Crippen LogP contribution in [0.3, 0.4) is 0 Å². The lowest BCUT2D eigenvalue weighted by Crippen LogP contribution is -2.05. The van der Waals surface area contributed by atoms with Crippen LogP contribution in [0.2, 0.25) is 0 Å². The van der Waals surface area contributed by atoms with Crippen LogP contribution in [0, 0.1) is 5.82 Å². The zero-order chi connectivity index (χ0) is 13.1. The van der Waals surface area contributed by atoms with Gasteiger partial charge in [0.15, 0.2) is 0 Å². The highest BCUT2D eigenvalue weighted by molar-refractivity contribution is 9.10. The fourth-order valence-electron chi connectivity index (χ4n) is 1.65. The summed E-state index contributed by atoms with van der Waals surface area (Å²) in [6.07, 6.45) is 2.82. The van der Waals surface area contributed by atoms with E-state index in [4.69, 9.17) is 5.73 Å². The van der Waals surface area contributed by atoms with Crippen LogP contribution in [-0.2, 0) is 6.42 Å². The Bertz CT molecular complexity index is 562. The number of hydrogen-bond acceptors (Lipinski definition) is 3. The molecule has 94 valence electrons. The summed E-state index contributed by atoms with van der Waals surface area (Å²) in [5.41, 5.74) is 7.77. The average molecular weight is 311 g/mol. The minimum absolute atomic E-state index is 0.332. The molecule has 0 spiro atoms. The Morgan fingerprint density at radius 3 is 2.83 bits per heavy atom. The maximum absolute atomic E-state index is 13.1. The molecule has 3 nitrogen and oxygen atoms in total. The van der Waals surface area contributed by atoms with Crippen LogP contribution in [0.5, 0.6) is 0 Å². The molecule has 0 aliphatic carbocycles. The topological polar surface area (TPSA) is 59.1 Å². The number of anilines is 1. The minimum Gasteiger partial charge on any atom is -0.398 e.